The van der Waals surface area contributed by atoms with Crippen LogP contribution in [0, 0.1) is 16.7 Å². The Morgan fingerprint density at radius 2 is 2.36 bits per heavy atom. The van der Waals surface area contributed by atoms with Crippen molar-refractivity contribution in [2.45, 2.75) is 31.7 Å². The molecule has 1 aliphatic heterocycles. The SMILES string of the molecule is CC1(C)CN(CC(Cl)C#N)CCC1O. The summed E-state index contributed by atoms with van der Waals surface area (Å²) in [7, 11) is 0. The lowest BCUT2D eigenvalue weighted by Gasteiger charge is -2.41. The second-order valence-corrected chi connectivity index (χ2v) is 5.15. The fourth-order valence-electron chi connectivity index (χ4n) is 1.88. The number of piperidine rings is 1. The molecule has 80 valence electrons. The van der Waals surface area contributed by atoms with Gasteiger partial charge in [-0.2, -0.15) is 5.26 Å². The number of rotatable bonds is 2. The molecule has 0 radical (unpaired) electrons. The average molecular weight is 217 g/mol. The van der Waals surface area contributed by atoms with Gasteiger partial charge in [-0.3, -0.25) is 0 Å². The van der Waals surface area contributed by atoms with Crippen molar-refractivity contribution >= 4 is 11.6 Å². The molecule has 0 aromatic carbocycles. The molecule has 0 aliphatic carbocycles. The van der Waals surface area contributed by atoms with Crippen LogP contribution < -0.4 is 0 Å². The number of aliphatic hydroxyl groups excluding tert-OH is 1. The minimum atomic E-state index is -0.443. The largest absolute Gasteiger partial charge is 0.392 e. The molecule has 4 heteroatoms. The zero-order valence-corrected chi connectivity index (χ0v) is 9.46. The Morgan fingerprint density at radius 1 is 1.71 bits per heavy atom. The summed E-state index contributed by atoms with van der Waals surface area (Å²) in [4.78, 5) is 2.15. The summed E-state index contributed by atoms with van der Waals surface area (Å²) < 4.78 is 0. The molecule has 3 nitrogen and oxygen atoms in total. The fraction of sp³-hybridized carbons (Fsp3) is 0.900. The second-order valence-electron chi connectivity index (χ2n) is 4.62. The van der Waals surface area contributed by atoms with E-state index < -0.39 is 5.38 Å². The van der Waals surface area contributed by atoms with Crippen LogP contribution in [-0.2, 0) is 0 Å². The number of nitrogens with zero attached hydrogens (tertiary/aromatic N) is 2. The van der Waals surface area contributed by atoms with Gasteiger partial charge in [-0.15, -0.1) is 11.6 Å². The zero-order valence-electron chi connectivity index (χ0n) is 8.70. The van der Waals surface area contributed by atoms with Crippen LogP contribution in [0.4, 0.5) is 0 Å². The third-order valence-corrected chi connectivity index (χ3v) is 3.05. The van der Waals surface area contributed by atoms with Gasteiger partial charge in [0.05, 0.1) is 12.2 Å². The van der Waals surface area contributed by atoms with Gasteiger partial charge >= 0.3 is 0 Å². The van der Waals surface area contributed by atoms with E-state index in [0.717, 1.165) is 19.5 Å². The van der Waals surface area contributed by atoms with Crippen molar-refractivity contribution in [2.75, 3.05) is 19.6 Å². The molecular formula is C10H17ClN2O. The Labute approximate surface area is 90.3 Å². The summed E-state index contributed by atoms with van der Waals surface area (Å²) in [5, 5.41) is 17.9. The molecule has 0 bridgehead atoms. The summed E-state index contributed by atoms with van der Waals surface area (Å²) >= 11 is 5.76. The maximum atomic E-state index is 9.72. The number of alkyl halides is 1. The summed E-state index contributed by atoms with van der Waals surface area (Å²) in [5.74, 6) is 0. The third kappa shape index (κ3) is 2.84. The van der Waals surface area contributed by atoms with Crippen molar-refractivity contribution in [1.82, 2.24) is 4.90 Å². The summed E-state index contributed by atoms with van der Waals surface area (Å²) in [6, 6.07) is 2.01. The van der Waals surface area contributed by atoms with Gasteiger partial charge in [-0.25, -0.2) is 0 Å². The monoisotopic (exact) mass is 216 g/mol. The van der Waals surface area contributed by atoms with Crippen LogP contribution in [-0.4, -0.2) is 41.1 Å². The molecule has 1 saturated heterocycles. The molecule has 0 amide bonds. The van der Waals surface area contributed by atoms with Gasteiger partial charge in [0.2, 0.25) is 0 Å². The van der Waals surface area contributed by atoms with Crippen LogP contribution in [0.1, 0.15) is 20.3 Å². The number of hydrogen-bond acceptors (Lipinski definition) is 3. The molecule has 1 aliphatic rings. The lowest BCUT2D eigenvalue weighted by molar-refractivity contribution is -0.0234. The normalized spacial score (nSPS) is 29.5. The van der Waals surface area contributed by atoms with Gasteiger partial charge in [0.1, 0.15) is 5.38 Å². The minimum Gasteiger partial charge on any atom is -0.392 e. The Morgan fingerprint density at radius 3 is 2.86 bits per heavy atom. The Hall–Kier alpha value is -0.300. The van der Waals surface area contributed by atoms with Crippen LogP contribution in [0.5, 0.6) is 0 Å². The number of halogens is 1. The quantitative estimate of drug-likeness (QED) is 0.706. The molecule has 1 heterocycles. The maximum Gasteiger partial charge on any atom is 0.133 e. The molecule has 2 atom stereocenters. The molecule has 0 saturated carbocycles. The molecule has 0 aromatic heterocycles. The highest BCUT2D eigenvalue weighted by molar-refractivity contribution is 6.22. The van der Waals surface area contributed by atoms with Gasteiger partial charge in [0, 0.05) is 25.0 Å². The van der Waals surface area contributed by atoms with Gasteiger partial charge in [-0.05, 0) is 6.42 Å². The Bertz CT molecular complexity index is 237. The van der Waals surface area contributed by atoms with E-state index in [1.807, 2.05) is 19.9 Å². The summed E-state index contributed by atoms with van der Waals surface area (Å²) in [5.41, 5.74) is -0.0929. The van der Waals surface area contributed by atoms with Crippen molar-refractivity contribution in [2.24, 2.45) is 5.41 Å². The Balaban J connectivity index is 2.48. The molecule has 1 fully saturated rings. The van der Waals surface area contributed by atoms with E-state index >= 15 is 0 Å². The van der Waals surface area contributed by atoms with Gasteiger partial charge in [0.25, 0.3) is 0 Å². The molecule has 14 heavy (non-hydrogen) atoms. The van der Waals surface area contributed by atoms with Crippen LogP contribution in [0.15, 0.2) is 0 Å². The van der Waals surface area contributed by atoms with Crippen LogP contribution in [0.3, 0.4) is 0 Å². The summed E-state index contributed by atoms with van der Waals surface area (Å²) in [6.07, 6.45) is 0.525. The zero-order chi connectivity index (χ0) is 10.8. The molecule has 1 rings (SSSR count). The Kier molecular flexibility index (Phi) is 3.77. The van der Waals surface area contributed by atoms with Crippen LogP contribution in [0.25, 0.3) is 0 Å². The van der Waals surface area contributed by atoms with Crippen molar-refractivity contribution in [3.05, 3.63) is 0 Å². The second kappa shape index (κ2) is 4.48. The van der Waals surface area contributed by atoms with Gasteiger partial charge < -0.3 is 10.0 Å². The first-order chi connectivity index (χ1) is 6.45. The first-order valence-corrected chi connectivity index (χ1v) is 5.33. The smallest absolute Gasteiger partial charge is 0.133 e. The van der Waals surface area contributed by atoms with Crippen LogP contribution >= 0.6 is 11.6 Å². The lowest BCUT2D eigenvalue weighted by atomic mass is 9.81. The van der Waals surface area contributed by atoms with E-state index in [2.05, 4.69) is 4.90 Å². The van der Waals surface area contributed by atoms with E-state index in [1.54, 1.807) is 0 Å². The average Bonchev–Trinajstić information content (AvgIpc) is 2.11. The van der Waals surface area contributed by atoms with E-state index in [0.29, 0.717) is 6.54 Å². The van der Waals surface area contributed by atoms with Crippen molar-refractivity contribution in [1.29, 1.82) is 5.26 Å². The topological polar surface area (TPSA) is 47.3 Å². The van der Waals surface area contributed by atoms with Gasteiger partial charge in [-0.1, -0.05) is 13.8 Å². The van der Waals surface area contributed by atoms with Gasteiger partial charge in [0.15, 0.2) is 0 Å². The minimum absolute atomic E-state index is 0.0929. The van der Waals surface area contributed by atoms with Crippen LogP contribution in [0.2, 0.25) is 0 Å². The van der Waals surface area contributed by atoms with E-state index in [9.17, 15) is 5.11 Å². The van der Waals surface area contributed by atoms with E-state index in [1.165, 1.54) is 0 Å². The maximum absolute atomic E-state index is 9.72. The molecule has 1 N–H and O–H groups in total. The summed E-state index contributed by atoms with van der Waals surface area (Å²) in [6.45, 7) is 6.31. The van der Waals surface area contributed by atoms with Crippen molar-refractivity contribution in [3.8, 4) is 6.07 Å². The number of hydrogen-bond donors (Lipinski definition) is 1. The predicted octanol–water partition coefficient (Wildman–Crippen LogP) is 1.21. The third-order valence-electron chi connectivity index (χ3n) is 2.81. The number of aliphatic hydroxyl groups is 1. The van der Waals surface area contributed by atoms with E-state index in [4.69, 9.17) is 16.9 Å². The fourth-order valence-corrected chi connectivity index (χ4v) is 2.07. The standard InChI is InChI=1S/C10H17ClN2O/c1-10(2)7-13(4-3-9(10)14)6-8(11)5-12/h8-9,14H,3-4,6-7H2,1-2H3. The van der Waals surface area contributed by atoms with Crippen molar-refractivity contribution in [3.63, 3.8) is 0 Å². The number of nitriles is 1. The highest BCUT2D eigenvalue weighted by Crippen LogP contribution is 2.29. The molecule has 2 unspecified atom stereocenters. The molecular weight excluding hydrogens is 200 g/mol. The first kappa shape index (κ1) is 11.8. The highest BCUT2D eigenvalue weighted by Gasteiger charge is 2.34. The highest BCUT2D eigenvalue weighted by atomic mass is 35.5. The molecule has 0 spiro atoms. The van der Waals surface area contributed by atoms with E-state index in [-0.39, 0.29) is 11.5 Å². The first-order valence-electron chi connectivity index (χ1n) is 4.90. The number of likely N-dealkylation sites (tertiary alicyclic amines) is 1. The van der Waals surface area contributed by atoms with Crippen molar-refractivity contribution < 1.29 is 5.11 Å². The predicted molar refractivity (Wildman–Crippen MR) is 56.1 cm³/mol. The molecule has 0 aromatic rings. The lowest BCUT2D eigenvalue weighted by Crippen LogP contribution is -2.49.